The number of nitrogens with one attached hydrogen (secondary N) is 1. The summed E-state index contributed by atoms with van der Waals surface area (Å²) in [5.74, 6) is -0.912. The zero-order valence-electron chi connectivity index (χ0n) is 21.7. The number of nitrogens with zero attached hydrogens (tertiary/aromatic N) is 2. The lowest BCUT2D eigenvalue weighted by atomic mass is 10.0. The van der Waals surface area contributed by atoms with Crippen molar-refractivity contribution in [2.75, 3.05) is 24.2 Å². The van der Waals surface area contributed by atoms with E-state index in [0.717, 1.165) is 27.3 Å². The van der Waals surface area contributed by atoms with E-state index in [1.54, 1.807) is 30.3 Å². The molecule has 2 amide bonds. The molecule has 202 valence electrons. The Hall–Kier alpha value is -3.07. The highest BCUT2D eigenvalue weighted by molar-refractivity contribution is 7.92. The van der Waals surface area contributed by atoms with Crippen molar-refractivity contribution >= 4 is 50.7 Å². The van der Waals surface area contributed by atoms with Gasteiger partial charge in [-0.25, -0.2) is 8.42 Å². The Morgan fingerprint density at radius 2 is 1.53 bits per heavy atom. The number of hydrogen-bond acceptors (Lipinski definition) is 4. The van der Waals surface area contributed by atoms with Crippen molar-refractivity contribution in [3.63, 3.8) is 0 Å². The van der Waals surface area contributed by atoms with Gasteiger partial charge in [0.2, 0.25) is 21.8 Å². The van der Waals surface area contributed by atoms with E-state index < -0.39 is 28.5 Å². The van der Waals surface area contributed by atoms with Gasteiger partial charge in [-0.15, -0.1) is 0 Å². The Bertz CT molecular complexity index is 1390. The van der Waals surface area contributed by atoms with Crippen LogP contribution in [0.3, 0.4) is 0 Å². The third kappa shape index (κ3) is 7.72. The zero-order chi connectivity index (χ0) is 28.0. The molecule has 0 radical (unpaired) electrons. The summed E-state index contributed by atoms with van der Waals surface area (Å²) in [5, 5.41) is 3.31. The molecule has 0 heterocycles. The van der Waals surface area contributed by atoms with Gasteiger partial charge < -0.3 is 10.2 Å². The normalized spacial score (nSPS) is 12.1. The van der Waals surface area contributed by atoms with E-state index in [1.165, 1.54) is 11.9 Å². The summed E-state index contributed by atoms with van der Waals surface area (Å²) >= 11 is 12.3. The number of amides is 2. The van der Waals surface area contributed by atoms with Gasteiger partial charge in [0.05, 0.1) is 22.0 Å². The fourth-order valence-corrected chi connectivity index (χ4v) is 5.42. The van der Waals surface area contributed by atoms with Crippen molar-refractivity contribution in [2.45, 2.75) is 32.9 Å². The fourth-order valence-electron chi connectivity index (χ4n) is 4.26. The number of aryl methyl sites for hydroxylation is 2. The molecule has 7 nitrogen and oxygen atoms in total. The molecule has 1 N–H and O–H groups in total. The summed E-state index contributed by atoms with van der Waals surface area (Å²) in [4.78, 5) is 28.5. The van der Waals surface area contributed by atoms with Gasteiger partial charge in [0, 0.05) is 20.0 Å². The molecule has 1 atom stereocenters. The standard InChI is InChI=1S/C28H31Cl2N3O4S/c1-19-12-20(2)14-23(13-19)33(38(4,36)37)18-27(34)32(17-22-10-11-24(29)25(30)15-22)26(28(35)31-3)16-21-8-6-5-7-9-21/h5-15,26H,16-18H2,1-4H3,(H,31,35). The molecule has 0 fully saturated rings. The molecule has 0 spiro atoms. The number of carbonyl (C=O) groups excluding carboxylic acids is 2. The Balaban J connectivity index is 2.06. The SMILES string of the molecule is CNC(=O)C(Cc1ccccc1)N(Cc1ccc(Cl)c(Cl)c1)C(=O)CN(c1cc(C)cc(C)c1)S(C)(=O)=O. The number of hydrogen-bond donors (Lipinski definition) is 1. The average Bonchev–Trinajstić information content (AvgIpc) is 2.85. The van der Waals surface area contributed by atoms with Crippen LogP contribution >= 0.6 is 23.2 Å². The van der Waals surface area contributed by atoms with Crippen molar-refractivity contribution in [3.8, 4) is 0 Å². The maximum absolute atomic E-state index is 13.9. The quantitative estimate of drug-likeness (QED) is 0.377. The first-order chi connectivity index (χ1) is 17.9. The lowest BCUT2D eigenvalue weighted by molar-refractivity contribution is -0.139. The molecular formula is C28H31Cl2N3O4S. The number of halogens is 2. The van der Waals surface area contributed by atoms with E-state index in [-0.39, 0.29) is 18.9 Å². The van der Waals surface area contributed by atoms with Crippen LogP contribution in [0.5, 0.6) is 0 Å². The molecular weight excluding hydrogens is 545 g/mol. The van der Waals surface area contributed by atoms with E-state index >= 15 is 0 Å². The molecule has 1 unspecified atom stereocenters. The van der Waals surface area contributed by atoms with Crippen LogP contribution in [-0.4, -0.2) is 51.0 Å². The third-order valence-corrected chi connectivity index (χ3v) is 7.91. The maximum atomic E-state index is 13.9. The number of likely N-dealkylation sites (N-methyl/N-ethyl adjacent to an activating group) is 1. The molecule has 3 aromatic carbocycles. The van der Waals surface area contributed by atoms with Crippen LogP contribution in [-0.2, 0) is 32.6 Å². The molecule has 0 bridgehead atoms. The summed E-state index contributed by atoms with van der Waals surface area (Å²) in [6, 6.07) is 18.7. The molecule has 3 rings (SSSR count). The molecule has 10 heteroatoms. The largest absolute Gasteiger partial charge is 0.357 e. The zero-order valence-corrected chi connectivity index (χ0v) is 24.1. The lowest BCUT2D eigenvalue weighted by Crippen LogP contribution is -2.52. The molecule has 0 saturated heterocycles. The van der Waals surface area contributed by atoms with E-state index in [0.29, 0.717) is 21.3 Å². The Labute approximate surface area is 234 Å². The van der Waals surface area contributed by atoms with Crippen LogP contribution in [0.2, 0.25) is 10.0 Å². The summed E-state index contributed by atoms with van der Waals surface area (Å²) in [5.41, 5.74) is 3.60. The van der Waals surface area contributed by atoms with Crippen LogP contribution in [0.15, 0.2) is 66.7 Å². The minimum Gasteiger partial charge on any atom is -0.357 e. The third-order valence-electron chi connectivity index (χ3n) is 6.03. The first kappa shape index (κ1) is 29.5. The van der Waals surface area contributed by atoms with Gasteiger partial charge in [0.1, 0.15) is 12.6 Å². The minimum absolute atomic E-state index is 0.0189. The average molecular weight is 577 g/mol. The second-order valence-electron chi connectivity index (χ2n) is 9.21. The number of rotatable bonds is 10. The van der Waals surface area contributed by atoms with Crippen molar-refractivity contribution in [2.24, 2.45) is 0 Å². The first-order valence-electron chi connectivity index (χ1n) is 11.9. The Morgan fingerprint density at radius 3 is 2.08 bits per heavy atom. The van der Waals surface area contributed by atoms with Crippen molar-refractivity contribution in [3.05, 3.63) is 99.0 Å². The monoisotopic (exact) mass is 575 g/mol. The Kier molecular flexibility index (Phi) is 9.82. The Morgan fingerprint density at radius 1 is 0.895 bits per heavy atom. The van der Waals surface area contributed by atoms with Crippen molar-refractivity contribution < 1.29 is 18.0 Å². The van der Waals surface area contributed by atoms with E-state index in [1.807, 2.05) is 50.2 Å². The van der Waals surface area contributed by atoms with Gasteiger partial charge in [-0.1, -0.05) is 65.7 Å². The molecule has 0 aliphatic rings. The van der Waals surface area contributed by atoms with E-state index in [4.69, 9.17) is 23.2 Å². The summed E-state index contributed by atoms with van der Waals surface area (Å²) in [7, 11) is -2.33. The molecule has 0 aliphatic carbocycles. The number of benzene rings is 3. The van der Waals surface area contributed by atoms with Crippen LogP contribution in [0.1, 0.15) is 22.3 Å². The predicted molar refractivity (Wildman–Crippen MR) is 153 cm³/mol. The fraction of sp³-hybridized carbons (Fsp3) is 0.286. The molecule has 0 aromatic heterocycles. The van der Waals surface area contributed by atoms with E-state index in [9.17, 15) is 18.0 Å². The number of sulfonamides is 1. The lowest BCUT2D eigenvalue weighted by Gasteiger charge is -2.33. The minimum atomic E-state index is -3.83. The van der Waals surface area contributed by atoms with Crippen LogP contribution in [0.4, 0.5) is 5.69 Å². The summed E-state index contributed by atoms with van der Waals surface area (Å²) < 4.78 is 26.8. The van der Waals surface area contributed by atoms with Gasteiger partial charge in [-0.2, -0.15) is 0 Å². The highest BCUT2D eigenvalue weighted by Crippen LogP contribution is 2.26. The molecule has 3 aromatic rings. The van der Waals surface area contributed by atoms with Gasteiger partial charge >= 0.3 is 0 Å². The van der Waals surface area contributed by atoms with Crippen LogP contribution < -0.4 is 9.62 Å². The summed E-state index contributed by atoms with van der Waals surface area (Å²) in [6.07, 6.45) is 1.29. The van der Waals surface area contributed by atoms with Crippen LogP contribution in [0.25, 0.3) is 0 Å². The number of carbonyl (C=O) groups is 2. The highest BCUT2D eigenvalue weighted by Gasteiger charge is 2.32. The number of anilines is 1. The highest BCUT2D eigenvalue weighted by atomic mass is 35.5. The van der Waals surface area contributed by atoms with Crippen molar-refractivity contribution in [1.29, 1.82) is 0 Å². The maximum Gasteiger partial charge on any atom is 0.244 e. The van der Waals surface area contributed by atoms with Gasteiger partial charge in [-0.3, -0.25) is 13.9 Å². The predicted octanol–water partition coefficient (Wildman–Crippen LogP) is 4.76. The van der Waals surface area contributed by atoms with Gasteiger partial charge in [-0.05, 0) is 60.4 Å². The molecule has 0 saturated carbocycles. The molecule has 38 heavy (non-hydrogen) atoms. The second-order valence-corrected chi connectivity index (χ2v) is 11.9. The van der Waals surface area contributed by atoms with Gasteiger partial charge in [0.25, 0.3) is 0 Å². The summed E-state index contributed by atoms with van der Waals surface area (Å²) in [6.45, 7) is 3.25. The second kappa shape index (κ2) is 12.7. The smallest absolute Gasteiger partial charge is 0.244 e. The van der Waals surface area contributed by atoms with E-state index in [2.05, 4.69) is 5.32 Å². The topological polar surface area (TPSA) is 86.8 Å². The van der Waals surface area contributed by atoms with Gasteiger partial charge in [0.15, 0.2) is 0 Å². The molecule has 0 aliphatic heterocycles. The first-order valence-corrected chi connectivity index (χ1v) is 14.5. The van der Waals surface area contributed by atoms with Crippen LogP contribution in [0, 0.1) is 13.8 Å². The van der Waals surface area contributed by atoms with Crippen molar-refractivity contribution in [1.82, 2.24) is 10.2 Å².